The normalized spacial score (nSPS) is 10.2. The van der Waals surface area contributed by atoms with E-state index in [-0.39, 0.29) is 18.4 Å². The number of rotatable bonds is 8. The van der Waals surface area contributed by atoms with Crippen LogP contribution < -0.4 is 15.4 Å². The smallest absolute Gasteiger partial charge is 0.241 e. The summed E-state index contributed by atoms with van der Waals surface area (Å²) >= 11 is 0. The summed E-state index contributed by atoms with van der Waals surface area (Å²) in [5, 5.41) is 13.0. The lowest BCUT2D eigenvalue weighted by molar-refractivity contribution is -0.121. The van der Waals surface area contributed by atoms with Crippen molar-refractivity contribution in [2.75, 3.05) is 19.0 Å². The second-order valence-electron chi connectivity index (χ2n) is 5.15. The van der Waals surface area contributed by atoms with Gasteiger partial charge < -0.3 is 15.4 Å². The van der Waals surface area contributed by atoms with Gasteiger partial charge in [0.05, 0.1) is 13.3 Å². The molecule has 0 atom stereocenters. The minimum absolute atomic E-state index is 0.0532. The lowest BCUT2D eigenvalue weighted by Crippen LogP contribution is -2.29. The second-order valence-corrected chi connectivity index (χ2v) is 5.15. The molecule has 8 nitrogen and oxygen atoms in total. The van der Waals surface area contributed by atoms with Crippen molar-refractivity contribution >= 4 is 17.6 Å². The molecule has 0 bridgehead atoms. The van der Waals surface area contributed by atoms with Crippen molar-refractivity contribution in [3.63, 3.8) is 0 Å². The average molecular weight is 331 g/mol. The molecule has 0 aliphatic carbocycles. The van der Waals surface area contributed by atoms with Crippen LogP contribution >= 0.6 is 0 Å². The molecule has 8 heteroatoms. The Morgan fingerprint density at radius 3 is 2.62 bits per heavy atom. The van der Waals surface area contributed by atoms with Crippen molar-refractivity contribution in [1.29, 1.82) is 0 Å². The molecule has 2 aromatic rings. The highest BCUT2D eigenvalue weighted by atomic mass is 16.5. The van der Waals surface area contributed by atoms with Crippen LogP contribution in [0.1, 0.15) is 18.9 Å². The molecule has 1 heterocycles. The van der Waals surface area contributed by atoms with Crippen LogP contribution in [0.2, 0.25) is 0 Å². The molecule has 24 heavy (non-hydrogen) atoms. The molecule has 1 aromatic carbocycles. The number of amides is 2. The molecule has 0 spiro atoms. The Balaban J connectivity index is 1.73. The van der Waals surface area contributed by atoms with E-state index in [1.807, 2.05) is 24.3 Å². The molecular weight excluding hydrogens is 310 g/mol. The van der Waals surface area contributed by atoms with Gasteiger partial charge in [0.15, 0.2) is 5.82 Å². The van der Waals surface area contributed by atoms with Gasteiger partial charge in [0, 0.05) is 13.0 Å². The van der Waals surface area contributed by atoms with E-state index in [0.717, 1.165) is 17.7 Å². The largest absolute Gasteiger partial charge is 0.497 e. The fraction of sp³-hybridized carbons (Fsp3) is 0.375. The van der Waals surface area contributed by atoms with Crippen LogP contribution in [0.5, 0.6) is 5.75 Å². The number of anilines is 1. The van der Waals surface area contributed by atoms with Crippen molar-refractivity contribution in [1.82, 2.24) is 20.3 Å². The van der Waals surface area contributed by atoms with E-state index in [1.54, 1.807) is 14.0 Å². The molecule has 128 valence electrons. The van der Waals surface area contributed by atoms with Crippen molar-refractivity contribution in [2.45, 2.75) is 26.3 Å². The fourth-order valence-corrected chi connectivity index (χ4v) is 2.01. The highest BCUT2D eigenvalue weighted by molar-refractivity contribution is 5.89. The van der Waals surface area contributed by atoms with Gasteiger partial charge in [-0.1, -0.05) is 24.3 Å². The van der Waals surface area contributed by atoms with Crippen LogP contribution in [-0.4, -0.2) is 40.5 Å². The number of benzene rings is 1. The van der Waals surface area contributed by atoms with Crippen LogP contribution in [0.4, 0.5) is 5.82 Å². The fourth-order valence-electron chi connectivity index (χ4n) is 2.01. The van der Waals surface area contributed by atoms with Crippen LogP contribution in [0.25, 0.3) is 0 Å². The van der Waals surface area contributed by atoms with E-state index in [0.29, 0.717) is 18.8 Å². The average Bonchev–Trinajstić information content (AvgIpc) is 3.02. The Bertz CT molecular complexity index is 681. The molecule has 0 radical (unpaired) electrons. The molecule has 2 amide bonds. The molecule has 0 aliphatic heterocycles. The first-order valence-corrected chi connectivity index (χ1v) is 7.70. The third-order valence-corrected chi connectivity index (χ3v) is 3.33. The van der Waals surface area contributed by atoms with Gasteiger partial charge in [-0.2, -0.15) is 0 Å². The lowest BCUT2D eigenvalue weighted by atomic mass is 10.1. The standard InChI is InChI=1S/C16H21N5O3/c1-3-15(22)18-14-10-21(20-19-14)11-16(23)17-9-8-12-4-6-13(24-2)7-5-12/h4-7,10H,3,8-9,11H2,1-2H3,(H,17,23)(H,18,22). The predicted molar refractivity (Wildman–Crippen MR) is 88.7 cm³/mol. The maximum atomic E-state index is 11.9. The van der Waals surface area contributed by atoms with Crippen molar-refractivity contribution < 1.29 is 14.3 Å². The van der Waals surface area contributed by atoms with Gasteiger partial charge in [0.2, 0.25) is 11.8 Å². The highest BCUT2D eigenvalue weighted by Crippen LogP contribution is 2.11. The van der Waals surface area contributed by atoms with Gasteiger partial charge in [-0.05, 0) is 24.1 Å². The molecule has 0 saturated carbocycles. The van der Waals surface area contributed by atoms with Crippen LogP contribution in [0.15, 0.2) is 30.5 Å². The Labute approximate surface area is 140 Å². The zero-order valence-electron chi connectivity index (χ0n) is 13.8. The molecule has 2 N–H and O–H groups in total. The topological polar surface area (TPSA) is 98.1 Å². The Morgan fingerprint density at radius 1 is 1.21 bits per heavy atom. The van der Waals surface area contributed by atoms with E-state index in [9.17, 15) is 9.59 Å². The summed E-state index contributed by atoms with van der Waals surface area (Å²) in [6.45, 7) is 2.33. The van der Waals surface area contributed by atoms with E-state index in [1.165, 1.54) is 10.9 Å². The molecule has 0 unspecified atom stereocenters. The van der Waals surface area contributed by atoms with E-state index >= 15 is 0 Å². The summed E-state index contributed by atoms with van der Waals surface area (Å²) in [5.74, 6) is 0.834. The van der Waals surface area contributed by atoms with Gasteiger partial charge in [0.25, 0.3) is 0 Å². The molecule has 1 aromatic heterocycles. The Morgan fingerprint density at radius 2 is 1.96 bits per heavy atom. The third kappa shape index (κ3) is 5.38. The van der Waals surface area contributed by atoms with Crippen molar-refractivity contribution in [3.05, 3.63) is 36.0 Å². The summed E-state index contributed by atoms with van der Waals surface area (Å²) in [7, 11) is 1.62. The first-order valence-electron chi connectivity index (χ1n) is 7.70. The molecule has 0 fully saturated rings. The summed E-state index contributed by atoms with van der Waals surface area (Å²) in [4.78, 5) is 23.1. The minimum atomic E-state index is -0.165. The number of nitrogens with one attached hydrogen (secondary N) is 2. The maximum Gasteiger partial charge on any atom is 0.241 e. The number of methoxy groups -OCH3 is 1. The molecule has 0 saturated heterocycles. The summed E-state index contributed by atoms with van der Waals surface area (Å²) in [6.07, 6.45) is 2.61. The minimum Gasteiger partial charge on any atom is -0.497 e. The number of hydrogen-bond donors (Lipinski definition) is 2. The Kier molecular flexibility index (Phi) is 6.30. The van der Waals surface area contributed by atoms with Gasteiger partial charge in [-0.3, -0.25) is 9.59 Å². The molecule has 2 rings (SSSR count). The number of aromatic nitrogens is 3. The maximum absolute atomic E-state index is 11.9. The van der Waals surface area contributed by atoms with E-state index in [4.69, 9.17) is 4.74 Å². The van der Waals surface area contributed by atoms with Crippen molar-refractivity contribution in [3.8, 4) is 5.75 Å². The number of ether oxygens (including phenoxy) is 1. The van der Waals surface area contributed by atoms with Crippen molar-refractivity contribution in [2.24, 2.45) is 0 Å². The first kappa shape index (κ1) is 17.5. The lowest BCUT2D eigenvalue weighted by Gasteiger charge is -2.06. The second kappa shape index (κ2) is 8.66. The number of carbonyl (C=O) groups is 2. The van der Waals surface area contributed by atoms with Gasteiger partial charge >= 0.3 is 0 Å². The zero-order chi connectivity index (χ0) is 17.4. The van der Waals surface area contributed by atoms with Gasteiger partial charge in [-0.25, -0.2) is 4.68 Å². The van der Waals surface area contributed by atoms with Gasteiger partial charge in [-0.15, -0.1) is 5.10 Å². The first-order chi connectivity index (χ1) is 11.6. The molecular formula is C16H21N5O3. The SMILES string of the molecule is CCC(=O)Nc1cn(CC(=O)NCCc2ccc(OC)cc2)nn1. The molecule has 0 aliphatic rings. The summed E-state index contributed by atoms with van der Waals surface area (Å²) < 4.78 is 6.48. The highest BCUT2D eigenvalue weighted by Gasteiger charge is 2.07. The summed E-state index contributed by atoms with van der Waals surface area (Å²) in [6, 6.07) is 7.70. The third-order valence-electron chi connectivity index (χ3n) is 3.33. The quantitative estimate of drug-likeness (QED) is 0.752. The van der Waals surface area contributed by atoms with Crippen LogP contribution in [0.3, 0.4) is 0 Å². The van der Waals surface area contributed by atoms with Crippen LogP contribution in [0, 0.1) is 0 Å². The zero-order valence-corrected chi connectivity index (χ0v) is 13.8. The summed E-state index contributed by atoms with van der Waals surface area (Å²) in [5.41, 5.74) is 1.11. The number of carbonyl (C=O) groups excluding carboxylic acids is 2. The monoisotopic (exact) mass is 331 g/mol. The Hall–Kier alpha value is -2.90. The number of nitrogens with zero attached hydrogens (tertiary/aromatic N) is 3. The van der Waals surface area contributed by atoms with Crippen LogP contribution in [-0.2, 0) is 22.6 Å². The van der Waals surface area contributed by atoms with Gasteiger partial charge in [0.1, 0.15) is 12.3 Å². The van der Waals surface area contributed by atoms with E-state index < -0.39 is 0 Å². The van der Waals surface area contributed by atoms with E-state index in [2.05, 4.69) is 20.9 Å². The number of hydrogen-bond acceptors (Lipinski definition) is 5. The predicted octanol–water partition coefficient (Wildman–Crippen LogP) is 0.994.